The van der Waals surface area contributed by atoms with Gasteiger partial charge >= 0.3 is 5.76 Å². The van der Waals surface area contributed by atoms with Crippen molar-refractivity contribution in [3.05, 3.63) is 34.8 Å². The van der Waals surface area contributed by atoms with E-state index in [0.29, 0.717) is 51.1 Å². The van der Waals surface area contributed by atoms with Gasteiger partial charge in [0.2, 0.25) is 11.8 Å². The molecule has 1 fully saturated rings. The smallest absolute Gasteiger partial charge is 0.408 e. The van der Waals surface area contributed by atoms with Crippen LogP contribution in [0.2, 0.25) is 0 Å². The molecule has 0 N–H and O–H groups in total. The molecule has 1 aromatic heterocycles. The maximum absolute atomic E-state index is 12.4. The summed E-state index contributed by atoms with van der Waals surface area (Å²) in [4.78, 5) is 39.4. The van der Waals surface area contributed by atoms with Gasteiger partial charge in [-0.2, -0.15) is 0 Å². The molecule has 134 valence electrons. The number of carbonyl (C=O) groups excluding carboxylic acids is 2. The van der Waals surface area contributed by atoms with Crippen molar-refractivity contribution in [2.24, 2.45) is 0 Å². The lowest BCUT2D eigenvalue weighted by Crippen LogP contribution is -2.36. The van der Waals surface area contributed by atoms with Crippen molar-refractivity contribution < 1.29 is 14.0 Å². The number of para-hydroxylation sites is 2. The van der Waals surface area contributed by atoms with E-state index in [0.717, 1.165) is 11.9 Å². The van der Waals surface area contributed by atoms with Gasteiger partial charge in [0.1, 0.15) is 0 Å². The number of hydrogen-bond donors (Lipinski definition) is 0. The Bertz CT molecular complexity index is 823. The molecule has 0 unspecified atom stereocenters. The molecule has 0 spiro atoms. The van der Waals surface area contributed by atoms with E-state index in [1.807, 2.05) is 23.1 Å². The minimum atomic E-state index is -0.388. The number of rotatable bonds is 4. The Labute approximate surface area is 145 Å². The Kier molecular flexibility index (Phi) is 5.21. The van der Waals surface area contributed by atoms with Crippen LogP contribution in [-0.2, 0) is 16.1 Å². The Balaban J connectivity index is 1.55. The number of amides is 2. The van der Waals surface area contributed by atoms with Crippen LogP contribution < -0.4 is 5.76 Å². The van der Waals surface area contributed by atoms with Crippen molar-refractivity contribution in [2.75, 3.05) is 26.2 Å². The summed E-state index contributed by atoms with van der Waals surface area (Å²) in [6.45, 7) is 4.56. The van der Waals surface area contributed by atoms with Crippen molar-refractivity contribution in [3.63, 3.8) is 0 Å². The van der Waals surface area contributed by atoms with E-state index in [-0.39, 0.29) is 17.6 Å². The highest BCUT2D eigenvalue weighted by Crippen LogP contribution is 2.13. The van der Waals surface area contributed by atoms with E-state index >= 15 is 0 Å². The quantitative estimate of drug-likeness (QED) is 0.841. The van der Waals surface area contributed by atoms with E-state index < -0.39 is 0 Å². The van der Waals surface area contributed by atoms with Gasteiger partial charge in [0.05, 0.1) is 5.52 Å². The van der Waals surface area contributed by atoms with Crippen LogP contribution in [0.4, 0.5) is 0 Å². The lowest BCUT2D eigenvalue weighted by Gasteiger charge is -2.21. The maximum Gasteiger partial charge on any atom is 0.419 e. The molecule has 0 atom stereocenters. The zero-order valence-electron chi connectivity index (χ0n) is 14.4. The van der Waals surface area contributed by atoms with Crippen LogP contribution in [0.3, 0.4) is 0 Å². The van der Waals surface area contributed by atoms with E-state index in [2.05, 4.69) is 0 Å². The molecule has 2 aromatic rings. The number of carbonyl (C=O) groups is 2. The zero-order valence-corrected chi connectivity index (χ0v) is 14.4. The summed E-state index contributed by atoms with van der Waals surface area (Å²) in [5.74, 6) is -0.257. The predicted octanol–water partition coefficient (Wildman–Crippen LogP) is 1.46. The molecule has 1 saturated heterocycles. The highest BCUT2D eigenvalue weighted by molar-refractivity contribution is 5.77. The first kappa shape index (κ1) is 17.3. The summed E-state index contributed by atoms with van der Waals surface area (Å²) >= 11 is 0. The maximum atomic E-state index is 12.4. The zero-order chi connectivity index (χ0) is 17.8. The average Bonchev–Trinajstić information content (AvgIpc) is 2.76. The van der Waals surface area contributed by atoms with Gasteiger partial charge in [-0.3, -0.25) is 14.2 Å². The van der Waals surface area contributed by atoms with Gasteiger partial charge in [-0.15, -0.1) is 0 Å². The first-order valence-electron chi connectivity index (χ1n) is 8.68. The van der Waals surface area contributed by atoms with Crippen molar-refractivity contribution in [2.45, 2.75) is 32.7 Å². The largest absolute Gasteiger partial charge is 0.419 e. The summed E-state index contributed by atoms with van der Waals surface area (Å²) in [7, 11) is 0. The second kappa shape index (κ2) is 7.55. The topological polar surface area (TPSA) is 75.8 Å². The van der Waals surface area contributed by atoms with Crippen molar-refractivity contribution >= 4 is 22.9 Å². The molecule has 0 saturated carbocycles. The highest BCUT2D eigenvalue weighted by atomic mass is 16.4. The molecule has 3 rings (SSSR count). The lowest BCUT2D eigenvalue weighted by atomic mass is 10.2. The van der Waals surface area contributed by atoms with Crippen LogP contribution in [0, 0.1) is 0 Å². The van der Waals surface area contributed by atoms with Crippen LogP contribution in [0.5, 0.6) is 0 Å². The predicted molar refractivity (Wildman–Crippen MR) is 93.2 cm³/mol. The average molecular weight is 345 g/mol. The fourth-order valence-corrected chi connectivity index (χ4v) is 3.25. The van der Waals surface area contributed by atoms with Gasteiger partial charge in [-0.1, -0.05) is 12.1 Å². The third-order valence-corrected chi connectivity index (χ3v) is 4.64. The number of aryl methyl sites for hydroxylation is 1. The molecule has 0 aliphatic carbocycles. The number of benzene rings is 1. The Morgan fingerprint density at radius 3 is 2.60 bits per heavy atom. The van der Waals surface area contributed by atoms with Crippen molar-refractivity contribution in [3.8, 4) is 0 Å². The van der Waals surface area contributed by atoms with E-state index in [1.165, 1.54) is 0 Å². The number of hydrogen-bond acceptors (Lipinski definition) is 4. The van der Waals surface area contributed by atoms with Crippen LogP contribution in [0.15, 0.2) is 33.5 Å². The van der Waals surface area contributed by atoms with Gasteiger partial charge < -0.3 is 14.2 Å². The third kappa shape index (κ3) is 3.92. The first-order chi connectivity index (χ1) is 12.1. The fraction of sp³-hybridized carbons (Fsp3) is 0.500. The molecular weight excluding hydrogens is 322 g/mol. The second-order valence-electron chi connectivity index (χ2n) is 6.33. The molecule has 2 amide bonds. The summed E-state index contributed by atoms with van der Waals surface area (Å²) in [6, 6.07) is 7.28. The van der Waals surface area contributed by atoms with E-state index in [1.54, 1.807) is 22.5 Å². The minimum absolute atomic E-state index is 0.0560. The normalized spacial score (nSPS) is 15.4. The monoisotopic (exact) mass is 345 g/mol. The van der Waals surface area contributed by atoms with Crippen molar-refractivity contribution in [1.29, 1.82) is 0 Å². The molecule has 25 heavy (non-hydrogen) atoms. The Hall–Kier alpha value is -2.57. The van der Waals surface area contributed by atoms with Crippen molar-refractivity contribution in [1.82, 2.24) is 14.4 Å². The molecule has 7 heteroatoms. The molecule has 2 heterocycles. The summed E-state index contributed by atoms with van der Waals surface area (Å²) in [5, 5.41) is 0. The van der Waals surface area contributed by atoms with Crippen LogP contribution >= 0.6 is 0 Å². The van der Waals surface area contributed by atoms with Gasteiger partial charge in [-0.25, -0.2) is 4.79 Å². The molecule has 1 aromatic carbocycles. The van der Waals surface area contributed by atoms with Gasteiger partial charge in [-0.05, 0) is 25.0 Å². The van der Waals surface area contributed by atoms with Crippen LogP contribution in [-0.4, -0.2) is 52.4 Å². The van der Waals surface area contributed by atoms with Gasteiger partial charge in [0.15, 0.2) is 5.58 Å². The van der Waals surface area contributed by atoms with Gasteiger partial charge in [0.25, 0.3) is 0 Å². The first-order valence-corrected chi connectivity index (χ1v) is 8.68. The summed E-state index contributed by atoms with van der Waals surface area (Å²) < 4.78 is 6.77. The van der Waals surface area contributed by atoms with E-state index in [4.69, 9.17) is 4.42 Å². The third-order valence-electron chi connectivity index (χ3n) is 4.64. The molecule has 1 aliphatic heterocycles. The molecular formula is C18H23N3O4. The Morgan fingerprint density at radius 1 is 1.08 bits per heavy atom. The van der Waals surface area contributed by atoms with Crippen LogP contribution in [0.25, 0.3) is 11.1 Å². The molecule has 0 bridgehead atoms. The number of aromatic nitrogens is 1. The SMILES string of the molecule is CC(=O)N1CCCN(C(=O)CCCn2c(=O)oc3ccccc32)CC1. The highest BCUT2D eigenvalue weighted by Gasteiger charge is 2.20. The second-order valence-corrected chi connectivity index (χ2v) is 6.33. The van der Waals surface area contributed by atoms with E-state index in [9.17, 15) is 14.4 Å². The minimum Gasteiger partial charge on any atom is -0.408 e. The number of oxazole rings is 1. The molecule has 7 nitrogen and oxygen atoms in total. The summed E-state index contributed by atoms with van der Waals surface area (Å²) in [5.41, 5.74) is 1.32. The summed E-state index contributed by atoms with van der Waals surface area (Å²) in [6.07, 6.45) is 1.76. The number of fused-ring (bicyclic) bond motifs is 1. The lowest BCUT2D eigenvalue weighted by molar-refractivity contribution is -0.132. The molecule has 1 aliphatic rings. The standard InChI is InChI=1S/C18H23N3O4/c1-14(22)19-9-5-10-20(13-12-19)17(23)8-4-11-21-15-6-2-3-7-16(15)25-18(21)24/h2-3,6-7H,4-5,8-13H2,1H3. The fourth-order valence-electron chi connectivity index (χ4n) is 3.25. The number of nitrogens with zero attached hydrogens (tertiary/aromatic N) is 3. The van der Waals surface area contributed by atoms with Gasteiger partial charge in [0, 0.05) is 46.1 Å². The Morgan fingerprint density at radius 2 is 1.80 bits per heavy atom. The molecule has 0 radical (unpaired) electrons. The van der Waals surface area contributed by atoms with Crippen LogP contribution in [0.1, 0.15) is 26.2 Å².